The lowest BCUT2D eigenvalue weighted by atomic mass is 10.1. The van der Waals surface area contributed by atoms with Crippen molar-refractivity contribution in [2.45, 2.75) is 25.7 Å². The van der Waals surface area contributed by atoms with E-state index in [-0.39, 0.29) is 17.6 Å². The molecule has 0 saturated carbocycles. The summed E-state index contributed by atoms with van der Waals surface area (Å²) in [4.78, 5) is 23.5. The number of carbonyl (C=O) groups is 2. The van der Waals surface area contributed by atoms with Crippen LogP contribution in [0.1, 0.15) is 24.8 Å². The van der Waals surface area contributed by atoms with Crippen LogP contribution in [-0.2, 0) is 16.0 Å². The molecule has 2 rings (SSSR count). The first-order chi connectivity index (χ1) is 12.0. The maximum absolute atomic E-state index is 12.8. The molecule has 0 aliphatic carbocycles. The van der Waals surface area contributed by atoms with E-state index in [1.165, 1.54) is 12.1 Å². The second kappa shape index (κ2) is 9.79. The van der Waals surface area contributed by atoms with E-state index in [4.69, 9.17) is 11.6 Å². The molecule has 2 aromatic rings. The summed E-state index contributed by atoms with van der Waals surface area (Å²) in [6.07, 6.45) is 1.77. The molecule has 0 spiro atoms. The van der Waals surface area contributed by atoms with Gasteiger partial charge in [-0.1, -0.05) is 23.7 Å². The molecule has 132 valence electrons. The Labute approximate surface area is 151 Å². The predicted octanol–water partition coefficient (Wildman–Crippen LogP) is 3.95. The number of rotatable bonds is 8. The monoisotopic (exact) mass is 362 g/mol. The van der Waals surface area contributed by atoms with Gasteiger partial charge in [-0.05, 0) is 54.8 Å². The van der Waals surface area contributed by atoms with E-state index in [9.17, 15) is 14.0 Å². The van der Waals surface area contributed by atoms with Gasteiger partial charge in [0, 0.05) is 30.1 Å². The topological polar surface area (TPSA) is 58.2 Å². The molecule has 0 aliphatic rings. The Morgan fingerprint density at radius 3 is 2.28 bits per heavy atom. The molecule has 0 atom stereocenters. The standard InChI is InChI=1S/C19H20ClFN2O2/c20-15-6-10-17(11-7-15)23-19(25)2-1-13-22-18(24)12-5-14-3-8-16(21)9-4-14/h3-4,6-11H,1-2,5,12-13H2,(H,22,24)(H,23,25). The maximum atomic E-state index is 12.8. The first kappa shape index (κ1) is 18.9. The maximum Gasteiger partial charge on any atom is 0.224 e. The van der Waals surface area contributed by atoms with Crippen molar-refractivity contribution < 1.29 is 14.0 Å². The first-order valence-electron chi connectivity index (χ1n) is 8.09. The van der Waals surface area contributed by atoms with Crippen molar-refractivity contribution in [2.24, 2.45) is 0 Å². The summed E-state index contributed by atoms with van der Waals surface area (Å²) >= 11 is 5.78. The Morgan fingerprint density at radius 1 is 0.920 bits per heavy atom. The molecule has 2 aromatic carbocycles. The van der Waals surface area contributed by atoms with Crippen molar-refractivity contribution in [1.82, 2.24) is 5.32 Å². The highest BCUT2D eigenvalue weighted by atomic mass is 35.5. The van der Waals surface area contributed by atoms with E-state index in [0.29, 0.717) is 42.9 Å². The van der Waals surface area contributed by atoms with Crippen LogP contribution in [0.4, 0.5) is 10.1 Å². The number of halogens is 2. The Kier molecular flexibility index (Phi) is 7.41. The summed E-state index contributed by atoms with van der Waals surface area (Å²) in [5, 5.41) is 6.16. The number of carbonyl (C=O) groups excluding carboxylic acids is 2. The van der Waals surface area contributed by atoms with E-state index in [2.05, 4.69) is 10.6 Å². The van der Waals surface area contributed by atoms with E-state index < -0.39 is 0 Å². The predicted molar refractivity (Wildman–Crippen MR) is 97.0 cm³/mol. The molecule has 0 heterocycles. The fourth-order valence-electron chi connectivity index (χ4n) is 2.23. The van der Waals surface area contributed by atoms with E-state index in [1.54, 1.807) is 36.4 Å². The van der Waals surface area contributed by atoms with Crippen LogP contribution in [0.25, 0.3) is 0 Å². The molecule has 0 radical (unpaired) electrons. The van der Waals surface area contributed by atoms with Gasteiger partial charge in [0.1, 0.15) is 5.82 Å². The van der Waals surface area contributed by atoms with Crippen LogP contribution in [0.3, 0.4) is 0 Å². The molecule has 4 nitrogen and oxygen atoms in total. The summed E-state index contributed by atoms with van der Waals surface area (Å²) in [6.45, 7) is 0.441. The molecule has 2 N–H and O–H groups in total. The summed E-state index contributed by atoms with van der Waals surface area (Å²) in [5.41, 5.74) is 1.61. The van der Waals surface area contributed by atoms with Gasteiger partial charge in [-0.15, -0.1) is 0 Å². The van der Waals surface area contributed by atoms with Crippen LogP contribution in [0, 0.1) is 5.82 Å². The molecule has 0 unspecified atom stereocenters. The van der Waals surface area contributed by atoms with E-state index in [1.807, 2.05) is 0 Å². The summed E-state index contributed by atoms with van der Waals surface area (Å²) in [7, 11) is 0. The molecule has 0 saturated heterocycles. The Morgan fingerprint density at radius 2 is 1.60 bits per heavy atom. The fourth-order valence-corrected chi connectivity index (χ4v) is 2.36. The molecule has 0 aliphatic heterocycles. The number of hydrogen-bond donors (Lipinski definition) is 2. The molecular weight excluding hydrogens is 343 g/mol. The van der Waals surface area contributed by atoms with E-state index >= 15 is 0 Å². The number of benzene rings is 2. The van der Waals surface area contributed by atoms with E-state index in [0.717, 1.165) is 5.56 Å². The molecule has 0 bridgehead atoms. The fraction of sp³-hybridized carbons (Fsp3) is 0.263. The van der Waals surface area contributed by atoms with Crippen LogP contribution in [-0.4, -0.2) is 18.4 Å². The van der Waals surface area contributed by atoms with Gasteiger partial charge in [-0.2, -0.15) is 0 Å². The number of amides is 2. The summed E-state index contributed by atoms with van der Waals surface area (Å²) in [6, 6.07) is 13.0. The zero-order valence-corrected chi connectivity index (χ0v) is 14.5. The highest BCUT2D eigenvalue weighted by molar-refractivity contribution is 6.30. The number of anilines is 1. The Balaban J connectivity index is 1.58. The van der Waals surface area contributed by atoms with Crippen molar-refractivity contribution in [2.75, 3.05) is 11.9 Å². The van der Waals surface area contributed by atoms with Gasteiger partial charge in [0.15, 0.2) is 0 Å². The lowest BCUT2D eigenvalue weighted by Gasteiger charge is -2.07. The quantitative estimate of drug-likeness (QED) is 0.699. The smallest absolute Gasteiger partial charge is 0.224 e. The minimum absolute atomic E-state index is 0.0811. The SMILES string of the molecule is O=C(CCc1ccc(F)cc1)NCCCC(=O)Nc1ccc(Cl)cc1. The largest absolute Gasteiger partial charge is 0.356 e. The van der Waals surface area contributed by atoms with Gasteiger partial charge in [0.25, 0.3) is 0 Å². The van der Waals surface area contributed by atoms with Gasteiger partial charge in [0.2, 0.25) is 11.8 Å². The van der Waals surface area contributed by atoms with Crippen molar-refractivity contribution in [3.05, 3.63) is 64.9 Å². The third-order valence-electron chi connectivity index (χ3n) is 3.58. The molecule has 6 heteroatoms. The zero-order chi connectivity index (χ0) is 18.1. The van der Waals surface area contributed by atoms with Gasteiger partial charge >= 0.3 is 0 Å². The Bertz CT molecular complexity index is 702. The minimum Gasteiger partial charge on any atom is -0.356 e. The highest BCUT2D eigenvalue weighted by Gasteiger charge is 2.05. The van der Waals surface area contributed by atoms with Gasteiger partial charge in [0.05, 0.1) is 0 Å². The van der Waals surface area contributed by atoms with Gasteiger partial charge in [-0.3, -0.25) is 9.59 Å². The molecular formula is C19H20ClFN2O2. The zero-order valence-electron chi connectivity index (χ0n) is 13.7. The van der Waals surface area contributed by atoms with Gasteiger partial charge in [-0.25, -0.2) is 4.39 Å². The van der Waals surface area contributed by atoms with Crippen molar-refractivity contribution in [3.8, 4) is 0 Å². The van der Waals surface area contributed by atoms with Crippen molar-refractivity contribution in [3.63, 3.8) is 0 Å². The summed E-state index contributed by atoms with van der Waals surface area (Å²) < 4.78 is 12.8. The number of hydrogen-bond acceptors (Lipinski definition) is 2. The van der Waals surface area contributed by atoms with Crippen LogP contribution in [0.2, 0.25) is 5.02 Å². The summed E-state index contributed by atoms with van der Waals surface area (Å²) in [5.74, 6) is -0.476. The number of aryl methyl sites for hydroxylation is 1. The number of nitrogens with one attached hydrogen (secondary N) is 2. The van der Waals surface area contributed by atoms with Crippen LogP contribution in [0.5, 0.6) is 0 Å². The highest BCUT2D eigenvalue weighted by Crippen LogP contribution is 2.13. The second-order valence-corrected chi connectivity index (χ2v) is 6.07. The third-order valence-corrected chi connectivity index (χ3v) is 3.84. The molecule has 25 heavy (non-hydrogen) atoms. The van der Waals surface area contributed by atoms with Gasteiger partial charge < -0.3 is 10.6 Å². The molecule has 2 amide bonds. The lowest BCUT2D eigenvalue weighted by Crippen LogP contribution is -2.25. The molecule has 0 aromatic heterocycles. The average molecular weight is 363 g/mol. The Hall–Kier alpha value is -2.40. The van der Waals surface area contributed by atoms with Crippen LogP contribution >= 0.6 is 11.6 Å². The van der Waals surface area contributed by atoms with Crippen LogP contribution < -0.4 is 10.6 Å². The third kappa shape index (κ3) is 7.35. The normalized spacial score (nSPS) is 10.3. The molecule has 0 fully saturated rings. The minimum atomic E-state index is -0.287. The lowest BCUT2D eigenvalue weighted by molar-refractivity contribution is -0.121. The first-order valence-corrected chi connectivity index (χ1v) is 8.47. The van der Waals surface area contributed by atoms with Crippen LogP contribution in [0.15, 0.2) is 48.5 Å². The average Bonchev–Trinajstić information content (AvgIpc) is 2.60. The second-order valence-electron chi connectivity index (χ2n) is 5.64. The van der Waals surface area contributed by atoms with Crippen molar-refractivity contribution in [1.29, 1.82) is 0 Å². The van der Waals surface area contributed by atoms with Crippen molar-refractivity contribution >= 4 is 29.1 Å².